The highest BCUT2D eigenvalue weighted by Gasteiger charge is 2.56. The summed E-state index contributed by atoms with van der Waals surface area (Å²) in [6.07, 6.45) is 5.21. The smallest absolute Gasteiger partial charge is 0.236 e. The highest BCUT2D eigenvalue weighted by molar-refractivity contribution is 8.09. The van der Waals surface area contributed by atoms with Crippen LogP contribution in [0.2, 0.25) is 0 Å². The first-order valence-electron chi connectivity index (χ1n) is 9.16. The molecule has 150 valence electrons. The maximum absolute atomic E-state index is 12.4. The maximum Gasteiger partial charge on any atom is 0.236 e. The molecule has 8 heteroatoms. The standard InChI is InChI=1S/C21H20N2O4S2/c1-12(24)16-19(25)23-17(21(26)27)18(29-20(16)23)14-5-3-4-13(10-14)11-22-8-6-15(28-2)7-9-22/h3-10,12,16,20,24H,11H2,1-2H3/t12-,16+,20-/m1/s1. The minimum atomic E-state index is -1.38. The van der Waals surface area contributed by atoms with E-state index in [4.69, 9.17) is 0 Å². The molecule has 2 aromatic rings. The Morgan fingerprint density at radius 1 is 1.34 bits per heavy atom. The summed E-state index contributed by atoms with van der Waals surface area (Å²) < 4.78 is 2.05. The number of hydrogen-bond donors (Lipinski definition) is 1. The molecule has 2 aliphatic heterocycles. The number of β-lactam (4-membered cyclic amide) rings is 1. The molecule has 1 aromatic heterocycles. The van der Waals surface area contributed by atoms with Crippen molar-refractivity contribution >= 4 is 40.3 Å². The fraction of sp³-hybridized carbons (Fsp3) is 0.286. The van der Waals surface area contributed by atoms with E-state index in [1.807, 2.05) is 55.0 Å². The molecule has 1 saturated heterocycles. The summed E-state index contributed by atoms with van der Waals surface area (Å²) in [5.41, 5.74) is 1.65. The molecule has 1 fully saturated rings. The van der Waals surface area contributed by atoms with Gasteiger partial charge in [-0.2, -0.15) is 0 Å². The number of carbonyl (C=O) groups excluding carboxylic acids is 2. The van der Waals surface area contributed by atoms with Gasteiger partial charge in [-0.3, -0.25) is 9.69 Å². The van der Waals surface area contributed by atoms with Gasteiger partial charge in [0, 0.05) is 27.5 Å². The molecule has 1 N–H and O–H groups in total. The summed E-state index contributed by atoms with van der Waals surface area (Å²) >= 11 is 2.99. The van der Waals surface area contributed by atoms with Crippen molar-refractivity contribution in [2.24, 2.45) is 5.92 Å². The Hall–Kier alpha value is -2.29. The monoisotopic (exact) mass is 428 g/mol. The molecule has 3 heterocycles. The van der Waals surface area contributed by atoms with Crippen LogP contribution in [0, 0.1) is 5.92 Å². The molecule has 1 aromatic carbocycles. The van der Waals surface area contributed by atoms with Crippen LogP contribution < -0.4 is 9.67 Å². The number of pyridine rings is 1. The quantitative estimate of drug-likeness (QED) is 0.421. The minimum Gasteiger partial charge on any atom is -0.543 e. The van der Waals surface area contributed by atoms with Crippen molar-refractivity contribution in [2.45, 2.75) is 29.8 Å². The molecule has 1 amide bonds. The Balaban J connectivity index is 1.63. The van der Waals surface area contributed by atoms with Gasteiger partial charge in [-0.1, -0.05) is 30.0 Å². The van der Waals surface area contributed by atoms with E-state index >= 15 is 0 Å². The summed E-state index contributed by atoms with van der Waals surface area (Å²) in [7, 11) is 0. The Labute approximate surface area is 177 Å². The van der Waals surface area contributed by atoms with Crippen molar-refractivity contribution in [3.63, 3.8) is 0 Å². The Bertz CT molecular complexity index is 1000. The van der Waals surface area contributed by atoms with Gasteiger partial charge in [0.05, 0.1) is 23.7 Å². The molecular weight excluding hydrogens is 408 g/mol. The number of amides is 1. The molecule has 0 unspecified atom stereocenters. The SMILES string of the molecule is CSc1cc[n+](Cc2cccc(C3=C(C(=O)[O-])N4C(=O)[C@H]([C@@H](C)O)[C@H]4S3)c2)cc1. The van der Waals surface area contributed by atoms with Crippen molar-refractivity contribution in [3.8, 4) is 0 Å². The van der Waals surface area contributed by atoms with Crippen LogP contribution in [0.25, 0.3) is 4.91 Å². The van der Waals surface area contributed by atoms with E-state index in [-0.39, 0.29) is 11.6 Å². The second-order valence-corrected chi connectivity index (χ2v) is 9.07. The van der Waals surface area contributed by atoms with Gasteiger partial charge in [-0.05, 0) is 24.8 Å². The zero-order chi connectivity index (χ0) is 20.7. The lowest BCUT2D eigenvalue weighted by atomic mass is 9.92. The molecule has 0 saturated carbocycles. The fourth-order valence-corrected chi connectivity index (χ4v) is 5.68. The largest absolute Gasteiger partial charge is 0.543 e. The van der Waals surface area contributed by atoms with Gasteiger partial charge in [-0.25, -0.2) is 4.57 Å². The number of carboxylic acid groups (broad SMARTS) is 1. The predicted octanol–water partition coefficient (Wildman–Crippen LogP) is 1.07. The third kappa shape index (κ3) is 3.56. The molecule has 0 radical (unpaired) electrons. The van der Waals surface area contributed by atoms with E-state index < -0.39 is 23.4 Å². The van der Waals surface area contributed by atoms with Gasteiger partial charge in [0.2, 0.25) is 5.91 Å². The third-order valence-corrected chi connectivity index (χ3v) is 7.30. The van der Waals surface area contributed by atoms with E-state index in [1.54, 1.807) is 18.7 Å². The lowest BCUT2D eigenvalue weighted by Crippen LogP contribution is -2.61. The molecular formula is C21H20N2O4S2. The van der Waals surface area contributed by atoms with Crippen molar-refractivity contribution in [2.75, 3.05) is 6.26 Å². The normalized spacial score (nSPS) is 21.8. The van der Waals surface area contributed by atoms with E-state index in [9.17, 15) is 19.8 Å². The van der Waals surface area contributed by atoms with Crippen molar-refractivity contribution in [1.82, 2.24) is 4.90 Å². The predicted molar refractivity (Wildman–Crippen MR) is 109 cm³/mol. The topological polar surface area (TPSA) is 84.5 Å². The molecule has 3 atom stereocenters. The zero-order valence-electron chi connectivity index (χ0n) is 15.9. The Morgan fingerprint density at radius 2 is 2.07 bits per heavy atom. The van der Waals surface area contributed by atoms with E-state index in [2.05, 4.69) is 4.57 Å². The number of carbonyl (C=O) groups is 2. The zero-order valence-corrected chi connectivity index (χ0v) is 17.6. The van der Waals surface area contributed by atoms with Gasteiger partial charge >= 0.3 is 0 Å². The molecule has 0 aliphatic carbocycles. The van der Waals surface area contributed by atoms with Crippen molar-refractivity contribution in [1.29, 1.82) is 0 Å². The average Bonchev–Trinajstić information content (AvgIpc) is 3.04. The number of fused-ring (bicyclic) bond motifs is 1. The third-order valence-electron chi connectivity index (χ3n) is 5.14. The first-order valence-corrected chi connectivity index (χ1v) is 11.3. The van der Waals surface area contributed by atoms with Crippen LogP contribution in [0.3, 0.4) is 0 Å². The first-order chi connectivity index (χ1) is 13.9. The molecule has 0 spiro atoms. The van der Waals surface area contributed by atoms with E-state index in [0.717, 1.165) is 11.1 Å². The highest BCUT2D eigenvalue weighted by atomic mass is 32.2. The molecule has 29 heavy (non-hydrogen) atoms. The number of aromatic nitrogens is 1. The number of benzene rings is 1. The lowest BCUT2D eigenvalue weighted by molar-refractivity contribution is -0.688. The minimum absolute atomic E-state index is 0.101. The number of nitrogens with zero attached hydrogens (tertiary/aromatic N) is 2. The number of hydrogen-bond acceptors (Lipinski definition) is 6. The molecule has 6 nitrogen and oxygen atoms in total. The number of aliphatic hydroxyl groups excluding tert-OH is 1. The Morgan fingerprint density at radius 3 is 2.69 bits per heavy atom. The summed E-state index contributed by atoms with van der Waals surface area (Å²) in [4.78, 5) is 27.1. The van der Waals surface area contributed by atoms with Crippen LogP contribution in [0.15, 0.2) is 59.4 Å². The van der Waals surface area contributed by atoms with Crippen LogP contribution in [0.1, 0.15) is 18.1 Å². The van der Waals surface area contributed by atoms with Crippen molar-refractivity contribution < 1.29 is 24.4 Å². The van der Waals surface area contributed by atoms with Crippen LogP contribution in [0.5, 0.6) is 0 Å². The highest BCUT2D eigenvalue weighted by Crippen LogP contribution is 2.53. The van der Waals surface area contributed by atoms with Crippen LogP contribution in [-0.2, 0) is 16.1 Å². The number of aliphatic hydroxyl groups is 1. The molecule has 4 rings (SSSR count). The van der Waals surface area contributed by atoms with E-state index in [0.29, 0.717) is 11.4 Å². The van der Waals surface area contributed by atoms with Gasteiger partial charge in [0.1, 0.15) is 5.37 Å². The van der Waals surface area contributed by atoms with Crippen LogP contribution >= 0.6 is 23.5 Å². The summed E-state index contributed by atoms with van der Waals surface area (Å²) in [6.45, 7) is 2.20. The van der Waals surface area contributed by atoms with Gasteiger partial charge in [0.25, 0.3) is 0 Å². The number of aliphatic carboxylic acids is 1. The van der Waals surface area contributed by atoms with Gasteiger partial charge in [0.15, 0.2) is 18.9 Å². The number of carboxylic acids is 1. The van der Waals surface area contributed by atoms with E-state index in [1.165, 1.54) is 21.6 Å². The first kappa shape index (κ1) is 20.0. The van der Waals surface area contributed by atoms with Crippen LogP contribution in [-0.4, -0.2) is 39.6 Å². The Kier molecular flexibility index (Phi) is 5.42. The number of rotatable bonds is 6. The van der Waals surface area contributed by atoms with Crippen molar-refractivity contribution in [3.05, 3.63) is 65.6 Å². The average molecular weight is 429 g/mol. The summed E-state index contributed by atoms with van der Waals surface area (Å²) in [5.74, 6) is -2.34. The second kappa shape index (κ2) is 7.85. The summed E-state index contributed by atoms with van der Waals surface area (Å²) in [6, 6.07) is 11.7. The second-order valence-electron chi connectivity index (χ2n) is 7.06. The van der Waals surface area contributed by atoms with Crippen LogP contribution in [0.4, 0.5) is 0 Å². The lowest BCUT2D eigenvalue weighted by Gasteiger charge is -2.44. The summed E-state index contributed by atoms with van der Waals surface area (Å²) in [5, 5.41) is 21.3. The maximum atomic E-state index is 12.4. The van der Waals surface area contributed by atoms with Gasteiger partial charge in [-0.15, -0.1) is 11.8 Å². The van der Waals surface area contributed by atoms with Gasteiger partial charge < -0.3 is 15.0 Å². The fourth-order valence-electron chi connectivity index (χ4n) is 3.68. The number of thioether (sulfide) groups is 2. The molecule has 0 bridgehead atoms. The molecule has 2 aliphatic rings.